The zero-order valence-electron chi connectivity index (χ0n) is 14.8. The lowest BCUT2D eigenvalue weighted by molar-refractivity contribution is -0.163. The van der Waals surface area contributed by atoms with Crippen LogP contribution in [-0.4, -0.2) is 51.2 Å². The maximum Gasteiger partial charge on any atom is 0.328 e. The number of hydrogen-bond acceptors (Lipinski definition) is 7. The van der Waals surface area contributed by atoms with Crippen molar-refractivity contribution < 1.29 is 37.8 Å². The Morgan fingerprint density at radius 1 is 0.923 bits per heavy atom. The predicted molar refractivity (Wildman–Crippen MR) is 86.4 cm³/mol. The Morgan fingerprint density at radius 3 is 1.88 bits per heavy atom. The molecule has 1 aromatic carbocycles. The first-order chi connectivity index (χ1) is 12.3. The number of benzene rings is 1. The molecule has 0 radical (unpaired) electrons. The lowest BCUT2D eigenvalue weighted by atomic mass is 9.87. The molecule has 26 heavy (non-hydrogen) atoms. The number of ether oxygens (including phenoxy) is 3. The number of nitrogens with one attached hydrogen (secondary N) is 1. The summed E-state index contributed by atoms with van der Waals surface area (Å²) >= 11 is 0. The number of methoxy groups -OCH3 is 3. The van der Waals surface area contributed by atoms with Gasteiger partial charge in [-0.1, -0.05) is 19.1 Å². The Morgan fingerprint density at radius 2 is 1.42 bits per heavy atom. The number of rotatable bonds is 7. The van der Waals surface area contributed by atoms with Gasteiger partial charge in [0.25, 0.3) is 5.91 Å². The van der Waals surface area contributed by atoms with Crippen LogP contribution in [-0.2, 0) is 28.6 Å². The van der Waals surface area contributed by atoms with Gasteiger partial charge >= 0.3 is 17.9 Å². The largest absolute Gasteiger partial charge is 0.468 e. The highest BCUT2D eigenvalue weighted by Crippen LogP contribution is 2.21. The minimum absolute atomic E-state index is 0.304. The third-order valence-corrected chi connectivity index (χ3v) is 3.82. The van der Waals surface area contributed by atoms with Crippen LogP contribution in [0.4, 0.5) is 4.39 Å². The zero-order chi connectivity index (χ0) is 19.9. The van der Waals surface area contributed by atoms with E-state index in [9.17, 15) is 23.6 Å². The summed E-state index contributed by atoms with van der Waals surface area (Å²) in [7, 11) is 3.20. The van der Waals surface area contributed by atoms with Gasteiger partial charge in [-0.25, -0.2) is 9.18 Å². The van der Waals surface area contributed by atoms with Gasteiger partial charge in [-0.3, -0.25) is 14.4 Å². The van der Waals surface area contributed by atoms with Crippen molar-refractivity contribution in [2.75, 3.05) is 21.3 Å². The van der Waals surface area contributed by atoms with E-state index in [1.165, 1.54) is 25.1 Å². The van der Waals surface area contributed by atoms with Crippen molar-refractivity contribution >= 4 is 23.8 Å². The molecular weight excluding hydrogens is 349 g/mol. The van der Waals surface area contributed by atoms with E-state index in [2.05, 4.69) is 19.5 Å². The third-order valence-electron chi connectivity index (χ3n) is 3.82. The van der Waals surface area contributed by atoms with Crippen molar-refractivity contribution in [2.45, 2.75) is 13.0 Å². The van der Waals surface area contributed by atoms with Crippen molar-refractivity contribution in [2.24, 2.45) is 11.8 Å². The molecule has 0 saturated carbocycles. The maximum atomic E-state index is 13.8. The molecule has 0 aliphatic carbocycles. The van der Waals surface area contributed by atoms with Gasteiger partial charge in [-0.2, -0.15) is 0 Å². The molecule has 0 aliphatic rings. The molecule has 0 unspecified atom stereocenters. The quantitative estimate of drug-likeness (QED) is 0.428. The van der Waals surface area contributed by atoms with Crippen molar-refractivity contribution in [3.8, 4) is 0 Å². The van der Waals surface area contributed by atoms with E-state index < -0.39 is 47.5 Å². The van der Waals surface area contributed by atoms with Gasteiger partial charge in [-0.15, -0.1) is 0 Å². The summed E-state index contributed by atoms with van der Waals surface area (Å²) < 4.78 is 27.5. The second-order valence-electron chi connectivity index (χ2n) is 5.34. The Kier molecular flexibility index (Phi) is 7.70. The van der Waals surface area contributed by atoms with Gasteiger partial charge < -0.3 is 19.5 Å². The third kappa shape index (κ3) is 4.78. The van der Waals surface area contributed by atoms with E-state index in [4.69, 9.17) is 0 Å². The fraction of sp³-hybridized carbons (Fsp3) is 0.412. The molecule has 1 aromatic rings. The first kappa shape index (κ1) is 21.1. The van der Waals surface area contributed by atoms with Crippen LogP contribution >= 0.6 is 0 Å². The average Bonchev–Trinajstić information content (AvgIpc) is 2.65. The van der Waals surface area contributed by atoms with E-state index in [1.807, 2.05) is 0 Å². The summed E-state index contributed by atoms with van der Waals surface area (Å²) in [6.45, 7) is 1.36. The number of carbonyl (C=O) groups excluding carboxylic acids is 4. The molecule has 1 N–H and O–H groups in total. The lowest BCUT2D eigenvalue weighted by Gasteiger charge is -2.27. The van der Waals surface area contributed by atoms with Crippen molar-refractivity contribution in [1.82, 2.24) is 5.32 Å². The first-order valence-electron chi connectivity index (χ1n) is 7.57. The predicted octanol–water partition coefficient (Wildman–Crippen LogP) is 0.695. The molecule has 0 saturated heterocycles. The highest BCUT2D eigenvalue weighted by molar-refractivity contribution is 5.99. The Hall–Kier alpha value is -2.97. The monoisotopic (exact) mass is 369 g/mol. The van der Waals surface area contributed by atoms with Crippen molar-refractivity contribution in [1.29, 1.82) is 0 Å². The normalized spacial score (nSPS) is 12.7. The van der Waals surface area contributed by atoms with E-state index >= 15 is 0 Å². The van der Waals surface area contributed by atoms with Crippen LogP contribution in [0.15, 0.2) is 24.3 Å². The molecule has 0 bridgehead atoms. The minimum Gasteiger partial charge on any atom is -0.468 e. The SMILES string of the molecule is COC(=O)C(C(=O)OC)[C@@H](C)[C@H](NC(=O)c1ccccc1F)C(=O)OC. The second-order valence-corrected chi connectivity index (χ2v) is 5.34. The van der Waals surface area contributed by atoms with Crippen molar-refractivity contribution in [3.05, 3.63) is 35.6 Å². The zero-order valence-corrected chi connectivity index (χ0v) is 14.8. The highest BCUT2D eigenvalue weighted by atomic mass is 19.1. The minimum atomic E-state index is -1.49. The summed E-state index contributed by atoms with van der Waals surface area (Å²) in [5.74, 6) is -7.08. The fourth-order valence-electron chi connectivity index (χ4n) is 2.37. The number of amides is 1. The number of esters is 3. The van der Waals surface area contributed by atoms with Gasteiger partial charge in [0.15, 0.2) is 5.92 Å². The molecular formula is C17H20FNO7. The van der Waals surface area contributed by atoms with Crippen LogP contribution in [0.5, 0.6) is 0 Å². The van der Waals surface area contributed by atoms with Gasteiger partial charge in [-0.05, 0) is 12.1 Å². The number of hydrogen-bond donors (Lipinski definition) is 1. The summed E-state index contributed by atoms with van der Waals surface area (Å²) in [5.41, 5.74) is -0.304. The summed E-state index contributed by atoms with van der Waals surface area (Å²) in [6, 6.07) is 3.73. The van der Waals surface area contributed by atoms with Gasteiger partial charge in [0.1, 0.15) is 11.9 Å². The smallest absolute Gasteiger partial charge is 0.328 e. The molecule has 0 spiro atoms. The van der Waals surface area contributed by atoms with Crippen LogP contribution in [0, 0.1) is 17.7 Å². The van der Waals surface area contributed by atoms with E-state index in [-0.39, 0.29) is 5.56 Å². The van der Waals surface area contributed by atoms with Crippen molar-refractivity contribution in [3.63, 3.8) is 0 Å². The van der Waals surface area contributed by atoms with Crippen LogP contribution in [0.25, 0.3) is 0 Å². The number of carbonyl (C=O) groups is 4. The summed E-state index contributed by atoms with van der Waals surface area (Å²) in [6.07, 6.45) is 0. The highest BCUT2D eigenvalue weighted by Gasteiger charge is 2.42. The summed E-state index contributed by atoms with van der Waals surface area (Å²) in [5, 5.41) is 2.29. The van der Waals surface area contributed by atoms with Gasteiger partial charge in [0.05, 0.1) is 26.9 Å². The Balaban J connectivity index is 3.17. The van der Waals surface area contributed by atoms with Crippen LogP contribution in [0.2, 0.25) is 0 Å². The topological polar surface area (TPSA) is 108 Å². The Labute approximate surface area is 149 Å². The Bertz CT molecular complexity index is 675. The molecule has 0 aromatic heterocycles. The molecule has 8 nitrogen and oxygen atoms in total. The molecule has 1 amide bonds. The molecule has 0 heterocycles. The van der Waals surface area contributed by atoms with Gasteiger partial charge in [0, 0.05) is 5.92 Å². The molecule has 0 fully saturated rings. The van der Waals surface area contributed by atoms with E-state index in [1.54, 1.807) is 0 Å². The average molecular weight is 369 g/mol. The standard InChI is InChI=1S/C17H20FNO7/c1-9(12(15(21)24-2)16(22)25-3)13(17(23)26-4)19-14(20)10-7-5-6-8-11(10)18/h5-9,12-13H,1-4H3,(H,19,20)/t9-,13+/m1/s1. The van der Waals surface area contributed by atoms with Crippen LogP contribution < -0.4 is 5.32 Å². The molecule has 2 atom stereocenters. The lowest BCUT2D eigenvalue weighted by Crippen LogP contribution is -2.51. The first-order valence-corrected chi connectivity index (χ1v) is 7.57. The van der Waals surface area contributed by atoms with E-state index in [0.717, 1.165) is 27.4 Å². The molecule has 0 aliphatic heterocycles. The van der Waals surface area contributed by atoms with Crippen LogP contribution in [0.1, 0.15) is 17.3 Å². The number of halogens is 1. The molecule has 9 heteroatoms. The van der Waals surface area contributed by atoms with E-state index in [0.29, 0.717) is 0 Å². The van der Waals surface area contributed by atoms with Gasteiger partial charge in [0.2, 0.25) is 0 Å². The second kappa shape index (κ2) is 9.50. The molecule has 1 rings (SSSR count). The molecule has 142 valence electrons. The van der Waals surface area contributed by atoms with Crippen LogP contribution in [0.3, 0.4) is 0 Å². The maximum absolute atomic E-state index is 13.8. The summed E-state index contributed by atoms with van der Waals surface area (Å²) in [4.78, 5) is 48.3. The fourth-order valence-corrected chi connectivity index (χ4v) is 2.37.